The largest absolute Gasteiger partial charge is 0.495 e. The summed E-state index contributed by atoms with van der Waals surface area (Å²) in [5.74, 6) is 0.553. The van der Waals surface area contributed by atoms with Crippen LogP contribution in [0.15, 0.2) is 6.07 Å². The van der Waals surface area contributed by atoms with Crippen molar-refractivity contribution in [2.75, 3.05) is 13.7 Å². The molecule has 1 aromatic heterocycles. The number of thiophene rings is 1. The maximum absolute atomic E-state index is 12.1. The number of carbonyl (C=O) groups is 1. The van der Waals surface area contributed by atoms with Gasteiger partial charge in [-0.1, -0.05) is 19.8 Å². The standard InChI is InChI=1S/C13H22N2O2S.ClH/c1-4-5-6-10(8-14)15-13(16)12-11(17-3)7-9(2)18-12;/h7,10H,4-6,8,14H2,1-3H3,(H,15,16);1H. The van der Waals surface area contributed by atoms with Crippen molar-refractivity contribution in [3.63, 3.8) is 0 Å². The van der Waals surface area contributed by atoms with Crippen LogP contribution in [0.25, 0.3) is 0 Å². The molecule has 4 nitrogen and oxygen atoms in total. The Morgan fingerprint density at radius 2 is 2.26 bits per heavy atom. The molecular formula is C13H23ClN2O2S. The van der Waals surface area contributed by atoms with E-state index in [-0.39, 0.29) is 24.4 Å². The van der Waals surface area contributed by atoms with Gasteiger partial charge in [-0.25, -0.2) is 0 Å². The summed E-state index contributed by atoms with van der Waals surface area (Å²) in [6.07, 6.45) is 3.10. The van der Waals surface area contributed by atoms with E-state index in [1.165, 1.54) is 11.3 Å². The first-order valence-corrected chi connectivity index (χ1v) is 7.09. The van der Waals surface area contributed by atoms with Gasteiger partial charge in [-0.15, -0.1) is 23.7 Å². The number of halogens is 1. The van der Waals surface area contributed by atoms with E-state index < -0.39 is 0 Å². The number of nitrogens with two attached hydrogens (primary N) is 1. The molecule has 0 aromatic carbocycles. The van der Waals surface area contributed by atoms with Gasteiger partial charge >= 0.3 is 0 Å². The zero-order valence-corrected chi connectivity index (χ0v) is 13.3. The molecule has 0 saturated carbocycles. The molecule has 0 aliphatic heterocycles. The first-order valence-electron chi connectivity index (χ1n) is 6.27. The predicted molar refractivity (Wildman–Crippen MR) is 82.7 cm³/mol. The molecule has 0 saturated heterocycles. The lowest BCUT2D eigenvalue weighted by atomic mass is 10.1. The van der Waals surface area contributed by atoms with Crippen molar-refractivity contribution in [2.45, 2.75) is 39.2 Å². The minimum absolute atomic E-state index is 0. The van der Waals surface area contributed by atoms with Gasteiger partial charge in [0.15, 0.2) is 0 Å². The lowest BCUT2D eigenvalue weighted by Gasteiger charge is -2.16. The van der Waals surface area contributed by atoms with Gasteiger partial charge in [0, 0.05) is 17.5 Å². The Bertz CT molecular complexity index is 396. The summed E-state index contributed by atoms with van der Waals surface area (Å²) in [5, 5.41) is 2.97. The Hall–Kier alpha value is -0.780. The fourth-order valence-electron chi connectivity index (χ4n) is 1.75. The van der Waals surface area contributed by atoms with Crippen LogP contribution in [0.5, 0.6) is 5.75 Å². The molecule has 0 aliphatic carbocycles. The van der Waals surface area contributed by atoms with E-state index in [9.17, 15) is 4.79 Å². The Morgan fingerprint density at radius 1 is 1.58 bits per heavy atom. The zero-order chi connectivity index (χ0) is 13.5. The molecule has 3 N–H and O–H groups in total. The van der Waals surface area contributed by atoms with Crippen LogP contribution in [-0.4, -0.2) is 25.6 Å². The second kappa shape index (κ2) is 9.18. The number of rotatable bonds is 7. The van der Waals surface area contributed by atoms with E-state index in [0.717, 1.165) is 24.1 Å². The van der Waals surface area contributed by atoms with E-state index in [0.29, 0.717) is 17.2 Å². The molecule has 0 fully saturated rings. The molecule has 0 bridgehead atoms. The third-order valence-electron chi connectivity index (χ3n) is 2.77. The third-order valence-corrected chi connectivity index (χ3v) is 3.80. The van der Waals surface area contributed by atoms with Crippen molar-refractivity contribution in [3.8, 4) is 5.75 Å². The highest BCUT2D eigenvalue weighted by Crippen LogP contribution is 2.28. The summed E-state index contributed by atoms with van der Waals surface area (Å²) in [6.45, 7) is 4.56. The maximum Gasteiger partial charge on any atom is 0.265 e. The summed E-state index contributed by atoms with van der Waals surface area (Å²) in [6, 6.07) is 1.92. The Kier molecular flexibility index (Phi) is 8.80. The maximum atomic E-state index is 12.1. The Labute approximate surface area is 125 Å². The van der Waals surface area contributed by atoms with Gasteiger partial charge in [-0.3, -0.25) is 4.79 Å². The van der Waals surface area contributed by atoms with Crippen LogP contribution in [0.3, 0.4) is 0 Å². The monoisotopic (exact) mass is 306 g/mol. The average molecular weight is 307 g/mol. The zero-order valence-electron chi connectivity index (χ0n) is 11.7. The average Bonchev–Trinajstić information content (AvgIpc) is 2.75. The van der Waals surface area contributed by atoms with Gasteiger partial charge in [0.05, 0.1) is 7.11 Å². The SMILES string of the molecule is CCCCC(CN)NC(=O)c1sc(C)cc1OC.Cl. The number of aryl methyl sites for hydroxylation is 1. The normalized spacial score (nSPS) is 11.6. The quantitative estimate of drug-likeness (QED) is 0.814. The summed E-state index contributed by atoms with van der Waals surface area (Å²) in [7, 11) is 1.58. The molecule has 1 rings (SSSR count). The van der Waals surface area contributed by atoms with Gasteiger partial charge in [0.25, 0.3) is 5.91 Å². The van der Waals surface area contributed by atoms with E-state index >= 15 is 0 Å². The van der Waals surface area contributed by atoms with Crippen LogP contribution < -0.4 is 15.8 Å². The van der Waals surface area contributed by atoms with Crippen LogP contribution >= 0.6 is 23.7 Å². The van der Waals surface area contributed by atoms with E-state index in [1.807, 2.05) is 13.0 Å². The lowest BCUT2D eigenvalue weighted by molar-refractivity contribution is 0.0937. The molecule has 0 aliphatic rings. The van der Waals surface area contributed by atoms with Gasteiger partial charge in [-0.2, -0.15) is 0 Å². The Balaban J connectivity index is 0.00000324. The van der Waals surface area contributed by atoms with Crippen LogP contribution in [0.2, 0.25) is 0 Å². The minimum Gasteiger partial charge on any atom is -0.495 e. The smallest absolute Gasteiger partial charge is 0.265 e. The molecule has 1 heterocycles. The van der Waals surface area contributed by atoms with Crippen LogP contribution in [0, 0.1) is 6.92 Å². The van der Waals surface area contributed by atoms with Crippen LogP contribution in [-0.2, 0) is 0 Å². The van der Waals surface area contributed by atoms with Crippen LogP contribution in [0.4, 0.5) is 0 Å². The predicted octanol–water partition coefficient (Wildman–Crippen LogP) is 2.73. The van der Waals surface area contributed by atoms with E-state index in [2.05, 4.69) is 12.2 Å². The number of nitrogens with one attached hydrogen (secondary N) is 1. The minimum atomic E-state index is -0.0866. The molecular weight excluding hydrogens is 284 g/mol. The molecule has 0 spiro atoms. The summed E-state index contributed by atoms with van der Waals surface area (Å²) in [4.78, 5) is 13.8. The highest BCUT2D eigenvalue weighted by Gasteiger charge is 2.18. The molecule has 1 aromatic rings. The van der Waals surface area contributed by atoms with Gasteiger partial charge in [0.2, 0.25) is 0 Å². The highest BCUT2D eigenvalue weighted by atomic mass is 35.5. The van der Waals surface area contributed by atoms with E-state index in [1.54, 1.807) is 7.11 Å². The van der Waals surface area contributed by atoms with Gasteiger partial charge in [0.1, 0.15) is 10.6 Å². The van der Waals surface area contributed by atoms with Crippen LogP contribution in [0.1, 0.15) is 40.7 Å². The molecule has 6 heteroatoms. The molecule has 1 atom stereocenters. The first-order chi connectivity index (χ1) is 8.62. The highest BCUT2D eigenvalue weighted by molar-refractivity contribution is 7.14. The van der Waals surface area contributed by atoms with Crippen molar-refractivity contribution in [1.29, 1.82) is 0 Å². The van der Waals surface area contributed by atoms with Crippen molar-refractivity contribution < 1.29 is 9.53 Å². The summed E-state index contributed by atoms with van der Waals surface area (Å²) < 4.78 is 5.20. The fourth-order valence-corrected chi connectivity index (χ4v) is 2.63. The van der Waals surface area contributed by atoms with Gasteiger partial charge < -0.3 is 15.8 Å². The second-order valence-corrected chi connectivity index (χ2v) is 5.56. The second-order valence-electron chi connectivity index (χ2n) is 4.30. The molecule has 1 unspecified atom stereocenters. The lowest BCUT2D eigenvalue weighted by Crippen LogP contribution is -2.39. The van der Waals surface area contributed by atoms with Gasteiger partial charge in [-0.05, 0) is 19.4 Å². The number of amides is 1. The third kappa shape index (κ3) is 5.38. The number of ether oxygens (including phenoxy) is 1. The number of carbonyl (C=O) groups excluding carboxylic acids is 1. The number of methoxy groups -OCH3 is 1. The summed E-state index contributed by atoms with van der Waals surface area (Å²) >= 11 is 1.45. The van der Waals surface area contributed by atoms with Crippen molar-refractivity contribution in [3.05, 3.63) is 15.8 Å². The fraction of sp³-hybridized carbons (Fsp3) is 0.615. The topological polar surface area (TPSA) is 64.3 Å². The van der Waals surface area contributed by atoms with Crippen molar-refractivity contribution in [2.24, 2.45) is 5.73 Å². The molecule has 1 amide bonds. The van der Waals surface area contributed by atoms with Crippen molar-refractivity contribution in [1.82, 2.24) is 5.32 Å². The molecule has 110 valence electrons. The number of hydrogen-bond donors (Lipinski definition) is 2. The molecule has 0 radical (unpaired) electrons. The first kappa shape index (κ1) is 18.2. The number of unbranched alkanes of at least 4 members (excludes halogenated alkanes) is 1. The molecule has 19 heavy (non-hydrogen) atoms. The number of hydrogen-bond acceptors (Lipinski definition) is 4. The summed E-state index contributed by atoms with van der Waals surface area (Å²) in [5.41, 5.74) is 5.67. The Morgan fingerprint density at radius 3 is 2.79 bits per heavy atom. The van der Waals surface area contributed by atoms with E-state index in [4.69, 9.17) is 10.5 Å². The van der Waals surface area contributed by atoms with Crippen molar-refractivity contribution >= 4 is 29.7 Å².